The van der Waals surface area contributed by atoms with E-state index < -0.39 is 0 Å². The number of nitrogens with one attached hydrogen (secondary N) is 1. The Kier molecular flexibility index (Phi) is 2.42. The Morgan fingerprint density at radius 1 is 1.54 bits per heavy atom. The van der Waals surface area contributed by atoms with E-state index in [1.54, 1.807) is 0 Å². The average molecular weight is 197 g/mol. The number of benzene rings is 1. The van der Waals surface area contributed by atoms with Crippen molar-refractivity contribution in [1.82, 2.24) is 0 Å². The zero-order valence-corrected chi connectivity index (χ0v) is 8.14. The first-order valence-electron chi connectivity index (χ1n) is 4.55. The van der Waals surface area contributed by atoms with Gasteiger partial charge in [-0.2, -0.15) is 0 Å². The molecule has 1 aliphatic heterocycles. The van der Waals surface area contributed by atoms with Crippen LogP contribution in [0.4, 0.5) is 5.69 Å². The molecule has 2 nitrogen and oxygen atoms in total. The molecule has 0 aromatic heterocycles. The van der Waals surface area contributed by atoms with Crippen molar-refractivity contribution >= 4 is 17.3 Å². The fourth-order valence-electron chi connectivity index (χ4n) is 1.86. The van der Waals surface area contributed by atoms with Crippen LogP contribution in [0.25, 0.3) is 0 Å². The second-order valence-corrected chi connectivity index (χ2v) is 3.77. The van der Waals surface area contributed by atoms with Crippen molar-refractivity contribution in [3.63, 3.8) is 0 Å². The Bertz CT molecular complexity index is 312. The zero-order chi connectivity index (χ0) is 9.26. The molecular weight excluding hydrogens is 184 g/mol. The van der Waals surface area contributed by atoms with Crippen molar-refractivity contribution in [2.24, 2.45) is 5.73 Å². The van der Waals surface area contributed by atoms with Gasteiger partial charge in [-0.3, -0.25) is 0 Å². The van der Waals surface area contributed by atoms with Crippen molar-refractivity contribution in [1.29, 1.82) is 0 Å². The van der Waals surface area contributed by atoms with E-state index in [0.717, 1.165) is 30.2 Å². The van der Waals surface area contributed by atoms with Gasteiger partial charge >= 0.3 is 0 Å². The molecule has 0 saturated carbocycles. The summed E-state index contributed by atoms with van der Waals surface area (Å²) in [6, 6.07) is 6.04. The van der Waals surface area contributed by atoms with Crippen LogP contribution < -0.4 is 11.1 Å². The highest BCUT2D eigenvalue weighted by Crippen LogP contribution is 2.37. The predicted octanol–water partition coefficient (Wildman–Crippen LogP) is 2.20. The van der Waals surface area contributed by atoms with Gasteiger partial charge in [0.05, 0.1) is 10.7 Å². The van der Waals surface area contributed by atoms with Crippen LogP contribution in [0, 0.1) is 0 Å². The van der Waals surface area contributed by atoms with Gasteiger partial charge in [0, 0.05) is 12.5 Å². The summed E-state index contributed by atoms with van der Waals surface area (Å²) in [5.41, 5.74) is 7.96. The first kappa shape index (κ1) is 8.85. The lowest BCUT2D eigenvalue weighted by atomic mass is 9.98. The third kappa shape index (κ3) is 1.52. The van der Waals surface area contributed by atoms with E-state index in [9.17, 15) is 0 Å². The summed E-state index contributed by atoms with van der Waals surface area (Å²) in [5.74, 6) is 0.540. The number of nitrogens with two attached hydrogens (primary N) is 1. The second kappa shape index (κ2) is 3.56. The molecule has 1 atom stereocenters. The standard InChI is InChI=1S/C10H13ClN2/c11-9-3-1-2-8-7(4-5-12)6-13-10(8)9/h1-3,7,13H,4-6,12H2. The summed E-state index contributed by atoms with van der Waals surface area (Å²) in [7, 11) is 0. The lowest BCUT2D eigenvalue weighted by Crippen LogP contribution is -2.08. The number of hydrogen-bond acceptors (Lipinski definition) is 2. The van der Waals surface area contributed by atoms with E-state index in [4.69, 9.17) is 17.3 Å². The first-order valence-corrected chi connectivity index (χ1v) is 4.93. The van der Waals surface area contributed by atoms with Gasteiger partial charge in [0.15, 0.2) is 0 Å². The molecule has 1 heterocycles. The molecule has 0 spiro atoms. The largest absolute Gasteiger partial charge is 0.383 e. The maximum atomic E-state index is 6.04. The van der Waals surface area contributed by atoms with Crippen LogP contribution in [0.15, 0.2) is 18.2 Å². The molecule has 1 aliphatic rings. The van der Waals surface area contributed by atoms with Crippen LogP contribution in [0.1, 0.15) is 17.9 Å². The minimum absolute atomic E-state index is 0.540. The summed E-state index contributed by atoms with van der Waals surface area (Å²) >= 11 is 6.04. The Hall–Kier alpha value is -0.730. The Morgan fingerprint density at radius 2 is 2.38 bits per heavy atom. The van der Waals surface area contributed by atoms with Gasteiger partial charge in [-0.25, -0.2) is 0 Å². The third-order valence-corrected chi connectivity index (χ3v) is 2.84. The van der Waals surface area contributed by atoms with Gasteiger partial charge in [0.2, 0.25) is 0 Å². The number of halogens is 1. The molecule has 0 fully saturated rings. The van der Waals surface area contributed by atoms with Crippen LogP contribution in [-0.2, 0) is 0 Å². The molecule has 0 amide bonds. The van der Waals surface area contributed by atoms with Gasteiger partial charge in [-0.1, -0.05) is 23.7 Å². The van der Waals surface area contributed by atoms with Crippen LogP contribution in [0.2, 0.25) is 5.02 Å². The maximum Gasteiger partial charge on any atom is 0.0640 e. The molecule has 1 aromatic rings. The average Bonchev–Trinajstić information content (AvgIpc) is 2.51. The number of hydrogen-bond donors (Lipinski definition) is 2. The van der Waals surface area contributed by atoms with Crippen LogP contribution >= 0.6 is 11.6 Å². The molecule has 1 unspecified atom stereocenters. The quantitative estimate of drug-likeness (QED) is 0.761. The molecule has 1 aromatic carbocycles. The Morgan fingerprint density at radius 3 is 3.15 bits per heavy atom. The number of anilines is 1. The monoisotopic (exact) mass is 196 g/mol. The molecule has 0 radical (unpaired) electrons. The highest BCUT2D eigenvalue weighted by molar-refractivity contribution is 6.33. The van der Waals surface area contributed by atoms with Crippen LogP contribution in [-0.4, -0.2) is 13.1 Å². The summed E-state index contributed by atoms with van der Waals surface area (Å²) in [4.78, 5) is 0. The molecule has 70 valence electrons. The van der Waals surface area contributed by atoms with Crippen LogP contribution in [0.3, 0.4) is 0 Å². The molecule has 3 heteroatoms. The summed E-state index contributed by atoms with van der Waals surface area (Å²) in [6.45, 7) is 1.70. The smallest absolute Gasteiger partial charge is 0.0640 e. The van der Waals surface area contributed by atoms with E-state index in [1.807, 2.05) is 12.1 Å². The van der Waals surface area contributed by atoms with Gasteiger partial charge in [-0.05, 0) is 24.6 Å². The summed E-state index contributed by atoms with van der Waals surface area (Å²) in [6.07, 6.45) is 1.03. The van der Waals surface area contributed by atoms with Crippen LogP contribution in [0.5, 0.6) is 0 Å². The second-order valence-electron chi connectivity index (χ2n) is 3.36. The van der Waals surface area contributed by atoms with Crippen molar-refractivity contribution in [2.45, 2.75) is 12.3 Å². The molecular formula is C10H13ClN2. The fourth-order valence-corrected chi connectivity index (χ4v) is 2.11. The minimum Gasteiger partial charge on any atom is -0.383 e. The number of fused-ring (bicyclic) bond motifs is 1. The normalized spacial score (nSPS) is 19.7. The van der Waals surface area contributed by atoms with Crippen molar-refractivity contribution in [3.05, 3.63) is 28.8 Å². The van der Waals surface area contributed by atoms with Crippen molar-refractivity contribution in [3.8, 4) is 0 Å². The Balaban J connectivity index is 2.32. The molecule has 0 bridgehead atoms. The highest BCUT2D eigenvalue weighted by atomic mass is 35.5. The van der Waals surface area contributed by atoms with E-state index in [0.29, 0.717) is 5.92 Å². The lowest BCUT2D eigenvalue weighted by molar-refractivity contribution is 0.686. The lowest BCUT2D eigenvalue weighted by Gasteiger charge is -2.07. The van der Waals surface area contributed by atoms with E-state index in [-0.39, 0.29) is 0 Å². The molecule has 2 rings (SSSR count). The number of rotatable bonds is 2. The van der Waals surface area contributed by atoms with E-state index in [2.05, 4.69) is 11.4 Å². The molecule has 3 N–H and O–H groups in total. The topological polar surface area (TPSA) is 38.0 Å². The Labute approximate surface area is 83.1 Å². The molecule has 0 saturated heterocycles. The fraction of sp³-hybridized carbons (Fsp3) is 0.400. The summed E-state index contributed by atoms with van der Waals surface area (Å²) < 4.78 is 0. The van der Waals surface area contributed by atoms with E-state index in [1.165, 1.54) is 5.56 Å². The predicted molar refractivity (Wildman–Crippen MR) is 56.4 cm³/mol. The highest BCUT2D eigenvalue weighted by Gasteiger charge is 2.22. The van der Waals surface area contributed by atoms with Crippen molar-refractivity contribution < 1.29 is 0 Å². The van der Waals surface area contributed by atoms with E-state index >= 15 is 0 Å². The molecule has 0 aliphatic carbocycles. The maximum absolute atomic E-state index is 6.04. The van der Waals surface area contributed by atoms with Crippen molar-refractivity contribution in [2.75, 3.05) is 18.4 Å². The minimum atomic E-state index is 0.540. The van der Waals surface area contributed by atoms with Gasteiger partial charge in [0.1, 0.15) is 0 Å². The number of para-hydroxylation sites is 1. The SMILES string of the molecule is NCCC1CNc2c(Cl)cccc21. The van der Waals surface area contributed by atoms with Gasteiger partial charge in [-0.15, -0.1) is 0 Å². The third-order valence-electron chi connectivity index (χ3n) is 2.53. The van der Waals surface area contributed by atoms with Gasteiger partial charge in [0.25, 0.3) is 0 Å². The zero-order valence-electron chi connectivity index (χ0n) is 7.39. The summed E-state index contributed by atoms with van der Waals surface area (Å²) in [5, 5.41) is 4.13. The first-order chi connectivity index (χ1) is 6.33. The molecule has 13 heavy (non-hydrogen) atoms. The van der Waals surface area contributed by atoms with Gasteiger partial charge < -0.3 is 11.1 Å².